The van der Waals surface area contributed by atoms with Crippen molar-refractivity contribution in [2.75, 3.05) is 31.7 Å². The highest BCUT2D eigenvalue weighted by Gasteiger charge is 2.43. The molecule has 0 radical (unpaired) electrons. The van der Waals surface area contributed by atoms with E-state index in [1.54, 1.807) is 31.4 Å². The third-order valence-electron chi connectivity index (χ3n) is 5.41. The van der Waals surface area contributed by atoms with E-state index in [1.807, 2.05) is 29.2 Å². The van der Waals surface area contributed by atoms with Crippen LogP contribution in [-0.4, -0.2) is 43.5 Å². The zero-order valence-corrected chi connectivity index (χ0v) is 17.4. The Morgan fingerprint density at radius 1 is 0.933 bits per heavy atom. The van der Waals surface area contributed by atoms with Gasteiger partial charge in [0.25, 0.3) is 11.8 Å². The standard InChI is InChI=1S/C24H26N2O4/c1-3-15-30-19-11-9-17(10-12-19)21-22(25-13-4-5-14-25)24(28)26(23(21)27)18-7-6-8-20(16-18)29-2/h6-12,16H,3-5,13-15H2,1-2H3. The van der Waals surface area contributed by atoms with Gasteiger partial charge in [0.05, 0.1) is 25.0 Å². The predicted octanol–water partition coefficient (Wildman–Crippen LogP) is 3.86. The molecule has 0 aliphatic carbocycles. The van der Waals surface area contributed by atoms with Gasteiger partial charge in [-0.05, 0) is 49.1 Å². The summed E-state index contributed by atoms with van der Waals surface area (Å²) in [5.41, 5.74) is 2.18. The van der Waals surface area contributed by atoms with Gasteiger partial charge >= 0.3 is 0 Å². The maximum absolute atomic E-state index is 13.5. The lowest BCUT2D eigenvalue weighted by Gasteiger charge is -2.20. The number of imide groups is 1. The number of nitrogens with zero attached hydrogens (tertiary/aromatic N) is 2. The Balaban J connectivity index is 1.74. The zero-order chi connectivity index (χ0) is 21.1. The number of hydrogen-bond acceptors (Lipinski definition) is 5. The van der Waals surface area contributed by atoms with Gasteiger partial charge in [-0.3, -0.25) is 9.59 Å². The molecule has 0 aromatic heterocycles. The number of carbonyl (C=O) groups excluding carboxylic acids is 2. The van der Waals surface area contributed by atoms with E-state index in [1.165, 1.54) is 4.90 Å². The van der Waals surface area contributed by atoms with E-state index >= 15 is 0 Å². The van der Waals surface area contributed by atoms with E-state index in [9.17, 15) is 9.59 Å². The summed E-state index contributed by atoms with van der Waals surface area (Å²) >= 11 is 0. The molecule has 6 nitrogen and oxygen atoms in total. The van der Waals surface area contributed by atoms with Crippen molar-refractivity contribution in [3.05, 3.63) is 59.8 Å². The van der Waals surface area contributed by atoms with Crippen LogP contribution in [0.3, 0.4) is 0 Å². The first-order valence-electron chi connectivity index (χ1n) is 10.4. The van der Waals surface area contributed by atoms with Crippen LogP contribution in [0.15, 0.2) is 54.2 Å². The van der Waals surface area contributed by atoms with Crippen molar-refractivity contribution in [1.82, 2.24) is 4.90 Å². The summed E-state index contributed by atoms with van der Waals surface area (Å²) in [5.74, 6) is 0.765. The van der Waals surface area contributed by atoms with Crippen LogP contribution in [0.4, 0.5) is 5.69 Å². The molecule has 0 spiro atoms. The Bertz CT molecular complexity index is 975. The Kier molecular flexibility index (Phi) is 5.74. The second-order valence-electron chi connectivity index (χ2n) is 7.44. The van der Waals surface area contributed by atoms with Crippen LogP contribution in [0.1, 0.15) is 31.7 Å². The molecular formula is C24H26N2O4. The Morgan fingerprint density at radius 3 is 2.33 bits per heavy atom. The van der Waals surface area contributed by atoms with Crippen molar-refractivity contribution in [3.63, 3.8) is 0 Å². The van der Waals surface area contributed by atoms with Crippen molar-refractivity contribution in [2.45, 2.75) is 26.2 Å². The van der Waals surface area contributed by atoms with E-state index in [0.29, 0.717) is 29.3 Å². The van der Waals surface area contributed by atoms with Crippen molar-refractivity contribution < 1.29 is 19.1 Å². The first-order chi connectivity index (χ1) is 14.6. The highest BCUT2D eigenvalue weighted by Crippen LogP contribution is 2.37. The first-order valence-corrected chi connectivity index (χ1v) is 10.4. The number of anilines is 1. The van der Waals surface area contributed by atoms with E-state index in [-0.39, 0.29) is 11.8 Å². The third kappa shape index (κ3) is 3.65. The minimum Gasteiger partial charge on any atom is -0.497 e. The van der Waals surface area contributed by atoms with Crippen molar-refractivity contribution in [2.24, 2.45) is 0 Å². The Morgan fingerprint density at radius 2 is 1.67 bits per heavy atom. The second-order valence-corrected chi connectivity index (χ2v) is 7.44. The van der Waals surface area contributed by atoms with Crippen LogP contribution in [0, 0.1) is 0 Å². The molecule has 2 aliphatic heterocycles. The molecule has 2 aliphatic rings. The summed E-state index contributed by atoms with van der Waals surface area (Å²) in [4.78, 5) is 30.2. The molecule has 2 aromatic carbocycles. The first kappa shape index (κ1) is 20.0. The fraction of sp³-hybridized carbons (Fsp3) is 0.333. The van der Waals surface area contributed by atoms with E-state index < -0.39 is 0 Å². The van der Waals surface area contributed by atoms with E-state index in [4.69, 9.17) is 9.47 Å². The monoisotopic (exact) mass is 406 g/mol. The quantitative estimate of drug-likeness (QED) is 0.654. The molecule has 4 rings (SSSR count). The number of carbonyl (C=O) groups is 2. The minimum absolute atomic E-state index is 0.281. The summed E-state index contributed by atoms with van der Waals surface area (Å²) in [5, 5.41) is 0. The van der Waals surface area contributed by atoms with Crippen LogP contribution in [0.5, 0.6) is 11.5 Å². The third-order valence-corrected chi connectivity index (χ3v) is 5.41. The average Bonchev–Trinajstić information content (AvgIpc) is 3.38. The fourth-order valence-corrected chi connectivity index (χ4v) is 3.93. The summed E-state index contributed by atoms with van der Waals surface area (Å²) in [6.45, 7) is 4.25. The molecule has 0 N–H and O–H groups in total. The van der Waals surface area contributed by atoms with Crippen LogP contribution in [0.2, 0.25) is 0 Å². The minimum atomic E-state index is -0.308. The van der Waals surface area contributed by atoms with Crippen LogP contribution >= 0.6 is 0 Å². The maximum Gasteiger partial charge on any atom is 0.282 e. The maximum atomic E-state index is 13.5. The van der Waals surface area contributed by atoms with Gasteiger partial charge in [-0.2, -0.15) is 0 Å². The topological polar surface area (TPSA) is 59.1 Å². The Labute approximate surface area is 176 Å². The van der Waals surface area contributed by atoms with Gasteiger partial charge in [-0.1, -0.05) is 25.1 Å². The molecule has 0 atom stereocenters. The van der Waals surface area contributed by atoms with Gasteiger partial charge < -0.3 is 14.4 Å². The Hall–Kier alpha value is -3.28. The number of rotatable bonds is 7. The normalized spacial score (nSPS) is 16.6. The molecule has 1 saturated heterocycles. The fourth-order valence-electron chi connectivity index (χ4n) is 3.93. The molecule has 6 heteroatoms. The van der Waals surface area contributed by atoms with Crippen LogP contribution in [0.25, 0.3) is 5.57 Å². The molecule has 156 valence electrons. The molecule has 2 amide bonds. The van der Waals surface area contributed by atoms with Crippen molar-refractivity contribution >= 4 is 23.1 Å². The molecule has 0 unspecified atom stereocenters. The number of hydrogen-bond donors (Lipinski definition) is 0. The van der Waals surface area contributed by atoms with Gasteiger partial charge in [-0.15, -0.1) is 0 Å². The number of likely N-dealkylation sites (tertiary alicyclic amines) is 1. The predicted molar refractivity (Wildman–Crippen MR) is 115 cm³/mol. The largest absolute Gasteiger partial charge is 0.497 e. The lowest BCUT2D eigenvalue weighted by molar-refractivity contribution is -0.120. The molecule has 0 saturated carbocycles. The summed E-state index contributed by atoms with van der Waals surface area (Å²) in [6, 6.07) is 14.5. The highest BCUT2D eigenvalue weighted by molar-refractivity contribution is 6.45. The van der Waals surface area contributed by atoms with Crippen molar-refractivity contribution in [3.8, 4) is 11.5 Å². The highest BCUT2D eigenvalue weighted by atomic mass is 16.5. The summed E-state index contributed by atoms with van der Waals surface area (Å²) < 4.78 is 10.9. The van der Waals surface area contributed by atoms with Gasteiger partial charge in [-0.25, -0.2) is 4.90 Å². The van der Waals surface area contributed by atoms with E-state index in [0.717, 1.165) is 43.7 Å². The van der Waals surface area contributed by atoms with Gasteiger partial charge in [0, 0.05) is 19.2 Å². The number of ether oxygens (including phenoxy) is 2. The number of benzene rings is 2. The second kappa shape index (κ2) is 8.61. The van der Waals surface area contributed by atoms with Crippen molar-refractivity contribution in [1.29, 1.82) is 0 Å². The molecule has 30 heavy (non-hydrogen) atoms. The van der Waals surface area contributed by atoms with Gasteiger partial charge in [0.2, 0.25) is 0 Å². The lowest BCUT2D eigenvalue weighted by Crippen LogP contribution is -2.34. The van der Waals surface area contributed by atoms with Crippen LogP contribution in [-0.2, 0) is 9.59 Å². The zero-order valence-electron chi connectivity index (χ0n) is 17.4. The van der Waals surface area contributed by atoms with Gasteiger partial charge in [0.15, 0.2) is 0 Å². The van der Waals surface area contributed by atoms with E-state index in [2.05, 4.69) is 6.92 Å². The molecule has 2 aromatic rings. The molecule has 1 fully saturated rings. The SMILES string of the molecule is CCCOc1ccc(C2=C(N3CCCC3)C(=O)N(c3cccc(OC)c3)C2=O)cc1. The summed E-state index contributed by atoms with van der Waals surface area (Å²) in [7, 11) is 1.56. The molecule has 0 bridgehead atoms. The van der Waals surface area contributed by atoms with Crippen LogP contribution < -0.4 is 14.4 Å². The number of methoxy groups -OCH3 is 1. The van der Waals surface area contributed by atoms with Gasteiger partial charge in [0.1, 0.15) is 17.2 Å². The average molecular weight is 406 g/mol. The molecule has 2 heterocycles. The summed E-state index contributed by atoms with van der Waals surface area (Å²) in [6.07, 6.45) is 2.96. The number of amides is 2. The smallest absolute Gasteiger partial charge is 0.282 e. The lowest BCUT2D eigenvalue weighted by atomic mass is 10.0. The molecular weight excluding hydrogens is 380 g/mol.